The molecule has 0 unspecified atom stereocenters. The van der Waals surface area contributed by atoms with Gasteiger partial charge in [0.2, 0.25) is 0 Å². The molecule has 0 spiro atoms. The van der Waals surface area contributed by atoms with E-state index in [0.29, 0.717) is 6.54 Å². The van der Waals surface area contributed by atoms with Crippen LogP contribution < -0.4 is 15.4 Å². The van der Waals surface area contributed by atoms with Crippen molar-refractivity contribution < 1.29 is 9.53 Å². The lowest BCUT2D eigenvalue weighted by Gasteiger charge is -2.27. The maximum atomic E-state index is 12.0. The highest BCUT2D eigenvalue weighted by molar-refractivity contribution is 5.74. The maximum absolute atomic E-state index is 12.0. The number of urea groups is 1. The van der Waals surface area contributed by atoms with Gasteiger partial charge in [-0.1, -0.05) is 12.1 Å². The summed E-state index contributed by atoms with van der Waals surface area (Å²) in [6.07, 6.45) is 2.14. The third kappa shape index (κ3) is 3.04. The van der Waals surface area contributed by atoms with Crippen molar-refractivity contribution in [3.63, 3.8) is 0 Å². The van der Waals surface area contributed by atoms with E-state index in [0.717, 1.165) is 56.9 Å². The van der Waals surface area contributed by atoms with Crippen molar-refractivity contribution in [2.45, 2.75) is 19.4 Å². The minimum absolute atomic E-state index is 0.0282. The van der Waals surface area contributed by atoms with Gasteiger partial charge in [0.05, 0.1) is 6.61 Å². The van der Waals surface area contributed by atoms with E-state index >= 15 is 0 Å². The van der Waals surface area contributed by atoms with Gasteiger partial charge in [0, 0.05) is 32.7 Å². The van der Waals surface area contributed by atoms with Gasteiger partial charge >= 0.3 is 6.03 Å². The van der Waals surface area contributed by atoms with Crippen molar-refractivity contribution in [3.05, 3.63) is 29.3 Å². The summed E-state index contributed by atoms with van der Waals surface area (Å²) < 4.78 is 5.60. The van der Waals surface area contributed by atoms with Crippen molar-refractivity contribution in [1.82, 2.24) is 15.5 Å². The standard InChI is InChI=1S/C15H21N3O2/c19-15(18-7-5-16-6-8-18)17-11-12-3-4-14-13(10-12)2-1-9-20-14/h3-4,10,16H,1-2,5-9,11H2,(H,17,19). The number of ether oxygens (including phenoxy) is 1. The van der Waals surface area contributed by atoms with Gasteiger partial charge in [-0.25, -0.2) is 4.79 Å². The molecule has 2 N–H and O–H groups in total. The van der Waals surface area contributed by atoms with E-state index in [1.165, 1.54) is 5.56 Å². The number of carbonyl (C=O) groups excluding carboxylic acids is 1. The Balaban J connectivity index is 1.56. The monoisotopic (exact) mass is 275 g/mol. The Morgan fingerprint density at radius 1 is 1.35 bits per heavy atom. The minimum atomic E-state index is 0.0282. The van der Waals surface area contributed by atoms with Gasteiger partial charge in [0.15, 0.2) is 0 Å². The number of fused-ring (bicyclic) bond motifs is 1. The third-order valence-electron chi connectivity index (χ3n) is 3.82. The highest BCUT2D eigenvalue weighted by Gasteiger charge is 2.16. The van der Waals surface area contributed by atoms with Crippen LogP contribution in [-0.2, 0) is 13.0 Å². The van der Waals surface area contributed by atoms with E-state index in [4.69, 9.17) is 4.74 Å². The lowest BCUT2D eigenvalue weighted by molar-refractivity contribution is 0.189. The Morgan fingerprint density at radius 2 is 2.20 bits per heavy atom. The minimum Gasteiger partial charge on any atom is -0.493 e. The molecule has 5 heteroatoms. The molecule has 0 aromatic heterocycles. The zero-order chi connectivity index (χ0) is 13.8. The quantitative estimate of drug-likeness (QED) is 0.850. The first kappa shape index (κ1) is 13.2. The van der Waals surface area contributed by atoms with Crippen LogP contribution in [0.2, 0.25) is 0 Å². The molecular formula is C15H21N3O2. The van der Waals surface area contributed by atoms with Gasteiger partial charge in [-0.05, 0) is 30.0 Å². The van der Waals surface area contributed by atoms with Crippen molar-refractivity contribution >= 4 is 6.03 Å². The van der Waals surface area contributed by atoms with Crippen LogP contribution in [0, 0.1) is 0 Å². The van der Waals surface area contributed by atoms with Crippen molar-refractivity contribution in [2.24, 2.45) is 0 Å². The molecule has 1 saturated heterocycles. The summed E-state index contributed by atoms with van der Waals surface area (Å²) in [5.74, 6) is 0.994. The molecule has 2 heterocycles. The number of amides is 2. The van der Waals surface area contributed by atoms with Crippen LogP contribution in [0.4, 0.5) is 4.79 Å². The zero-order valence-corrected chi connectivity index (χ0v) is 11.7. The van der Waals surface area contributed by atoms with E-state index in [2.05, 4.69) is 16.7 Å². The summed E-state index contributed by atoms with van der Waals surface area (Å²) in [7, 11) is 0. The lowest BCUT2D eigenvalue weighted by atomic mass is 10.0. The van der Waals surface area contributed by atoms with Crippen molar-refractivity contribution in [1.29, 1.82) is 0 Å². The summed E-state index contributed by atoms with van der Waals surface area (Å²) in [6, 6.07) is 6.22. The predicted molar refractivity (Wildman–Crippen MR) is 76.9 cm³/mol. The summed E-state index contributed by atoms with van der Waals surface area (Å²) in [5, 5.41) is 6.24. The smallest absolute Gasteiger partial charge is 0.317 e. The highest BCUT2D eigenvalue weighted by Crippen LogP contribution is 2.25. The lowest BCUT2D eigenvalue weighted by Crippen LogP contribution is -2.50. The molecule has 3 rings (SSSR count). The number of hydrogen-bond donors (Lipinski definition) is 2. The topological polar surface area (TPSA) is 53.6 Å². The molecule has 1 aromatic carbocycles. The maximum Gasteiger partial charge on any atom is 0.317 e. The SMILES string of the molecule is O=C(NCc1ccc2c(c1)CCCO2)N1CCNCC1. The molecule has 108 valence electrons. The Labute approximate surface area is 119 Å². The Kier molecular flexibility index (Phi) is 4.06. The third-order valence-corrected chi connectivity index (χ3v) is 3.82. The average Bonchev–Trinajstić information content (AvgIpc) is 2.53. The summed E-state index contributed by atoms with van der Waals surface area (Å²) >= 11 is 0. The summed E-state index contributed by atoms with van der Waals surface area (Å²) in [6.45, 7) is 4.71. The highest BCUT2D eigenvalue weighted by atomic mass is 16.5. The fraction of sp³-hybridized carbons (Fsp3) is 0.533. The van der Waals surface area contributed by atoms with Gasteiger partial charge in [-0.15, -0.1) is 0 Å². The molecule has 1 aromatic rings. The van der Waals surface area contributed by atoms with Crippen LogP contribution in [0.25, 0.3) is 0 Å². The molecule has 2 aliphatic heterocycles. The fourth-order valence-corrected chi connectivity index (χ4v) is 2.68. The number of benzene rings is 1. The van der Waals surface area contributed by atoms with Gasteiger partial charge in [-0.2, -0.15) is 0 Å². The number of rotatable bonds is 2. The zero-order valence-electron chi connectivity index (χ0n) is 11.7. The molecule has 0 saturated carbocycles. The van der Waals surface area contributed by atoms with Crippen LogP contribution in [0.5, 0.6) is 5.75 Å². The summed E-state index contributed by atoms with van der Waals surface area (Å²) in [5.41, 5.74) is 2.39. The number of nitrogens with zero attached hydrogens (tertiary/aromatic N) is 1. The largest absolute Gasteiger partial charge is 0.493 e. The molecule has 0 radical (unpaired) electrons. The van der Waals surface area contributed by atoms with E-state index in [9.17, 15) is 4.79 Å². The normalized spacial score (nSPS) is 18.1. The Bertz CT molecular complexity index is 484. The van der Waals surface area contributed by atoms with Crippen LogP contribution >= 0.6 is 0 Å². The average molecular weight is 275 g/mol. The molecule has 0 aliphatic carbocycles. The summed E-state index contributed by atoms with van der Waals surface area (Å²) in [4.78, 5) is 13.9. The van der Waals surface area contributed by atoms with Gasteiger partial charge in [0.25, 0.3) is 0 Å². The molecule has 2 aliphatic rings. The molecule has 20 heavy (non-hydrogen) atoms. The second-order valence-electron chi connectivity index (χ2n) is 5.29. The molecular weight excluding hydrogens is 254 g/mol. The molecule has 0 atom stereocenters. The number of hydrogen-bond acceptors (Lipinski definition) is 3. The number of carbonyl (C=O) groups is 1. The first-order chi connectivity index (χ1) is 9.83. The number of nitrogens with one attached hydrogen (secondary N) is 2. The molecule has 2 amide bonds. The first-order valence-corrected chi connectivity index (χ1v) is 7.31. The van der Waals surface area contributed by atoms with E-state index < -0.39 is 0 Å². The van der Waals surface area contributed by atoms with Gasteiger partial charge in [0.1, 0.15) is 5.75 Å². The van der Waals surface area contributed by atoms with Crippen LogP contribution in [0.15, 0.2) is 18.2 Å². The van der Waals surface area contributed by atoms with Crippen LogP contribution in [0.1, 0.15) is 17.5 Å². The van der Waals surface area contributed by atoms with Crippen LogP contribution in [0.3, 0.4) is 0 Å². The number of aryl methyl sites for hydroxylation is 1. The van der Waals surface area contributed by atoms with Crippen molar-refractivity contribution in [2.75, 3.05) is 32.8 Å². The van der Waals surface area contributed by atoms with E-state index in [-0.39, 0.29) is 6.03 Å². The molecule has 1 fully saturated rings. The van der Waals surface area contributed by atoms with Crippen LogP contribution in [-0.4, -0.2) is 43.7 Å². The van der Waals surface area contributed by atoms with E-state index in [1.54, 1.807) is 0 Å². The van der Waals surface area contributed by atoms with Gasteiger partial charge < -0.3 is 20.3 Å². The Morgan fingerprint density at radius 3 is 3.05 bits per heavy atom. The Hall–Kier alpha value is -1.75. The van der Waals surface area contributed by atoms with Gasteiger partial charge in [-0.3, -0.25) is 0 Å². The second-order valence-corrected chi connectivity index (χ2v) is 5.29. The molecule has 5 nitrogen and oxygen atoms in total. The fourth-order valence-electron chi connectivity index (χ4n) is 2.68. The number of piperazine rings is 1. The van der Waals surface area contributed by atoms with E-state index in [1.807, 2.05) is 17.0 Å². The molecule has 0 bridgehead atoms. The van der Waals surface area contributed by atoms with Crippen molar-refractivity contribution in [3.8, 4) is 5.75 Å². The second kappa shape index (κ2) is 6.13. The predicted octanol–water partition coefficient (Wildman–Crippen LogP) is 1.13. The first-order valence-electron chi connectivity index (χ1n) is 7.31.